The molecule has 6 heteroatoms. The molecule has 0 fully saturated rings. The van der Waals surface area contributed by atoms with Crippen molar-refractivity contribution in [3.63, 3.8) is 0 Å². The van der Waals surface area contributed by atoms with E-state index in [4.69, 9.17) is 21.1 Å². The summed E-state index contributed by atoms with van der Waals surface area (Å²) < 4.78 is 10.0. The van der Waals surface area contributed by atoms with Crippen LogP contribution in [0.15, 0.2) is 24.3 Å². The first-order valence-electron chi connectivity index (χ1n) is 6.74. The lowest BCUT2D eigenvalue weighted by Gasteiger charge is -2.21. The molecule has 1 aromatic rings. The number of carbonyl (C=O) groups is 2. The van der Waals surface area contributed by atoms with Crippen LogP contribution in [0.25, 0.3) is 0 Å². The third kappa shape index (κ3) is 5.27. The van der Waals surface area contributed by atoms with E-state index in [1.807, 2.05) is 13.8 Å². The Morgan fingerprint density at radius 1 is 1.33 bits per heavy atom. The Hall–Kier alpha value is -1.75. The van der Waals surface area contributed by atoms with Crippen LogP contribution < -0.4 is 10.1 Å². The second kappa shape index (κ2) is 8.52. The van der Waals surface area contributed by atoms with Crippen LogP contribution >= 0.6 is 11.6 Å². The van der Waals surface area contributed by atoms with E-state index < -0.39 is 17.9 Å². The van der Waals surface area contributed by atoms with Gasteiger partial charge in [0.05, 0.1) is 12.1 Å². The fraction of sp³-hybridized carbons (Fsp3) is 0.467. The van der Waals surface area contributed by atoms with Gasteiger partial charge in [-0.3, -0.25) is 4.79 Å². The predicted molar refractivity (Wildman–Crippen MR) is 80.3 cm³/mol. The van der Waals surface area contributed by atoms with Gasteiger partial charge in [0.1, 0.15) is 11.8 Å². The molecule has 0 spiro atoms. The smallest absolute Gasteiger partial charge is 0.328 e. The van der Waals surface area contributed by atoms with E-state index in [0.717, 1.165) is 6.42 Å². The van der Waals surface area contributed by atoms with Crippen molar-refractivity contribution in [3.8, 4) is 5.75 Å². The largest absolute Gasteiger partial charge is 0.482 e. The van der Waals surface area contributed by atoms with Gasteiger partial charge in [0.25, 0.3) is 5.91 Å². The zero-order chi connectivity index (χ0) is 15.8. The third-order valence-corrected chi connectivity index (χ3v) is 3.49. The first kappa shape index (κ1) is 17.3. The fourth-order valence-corrected chi connectivity index (χ4v) is 1.91. The summed E-state index contributed by atoms with van der Waals surface area (Å²) in [7, 11) is 1.30. The molecule has 0 aliphatic heterocycles. The predicted octanol–water partition coefficient (Wildman–Crippen LogP) is 2.42. The van der Waals surface area contributed by atoms with Gasteiger partial charge in [0.2, 0.25) is 0 Å². The van der Waals surface area contributed by atoms with Crippen molar-refractivity contribution in [2.24, 2.45) is 5.92 Å². The van der Waals surface area contributed by atoms with E-state index in [1.165, 1.54) is 7.11 Å². The van der Waals surface area contributed by atoms with Gasteiger partial charge in [0, 0.05) is 0 Å². The SMILES string of the molecule is CC[C@@H](C)[C@H](NC(=O)COc1ccccc1Cl)C(=O)OC. The second-order valence-corrected chi connectivity index (χ2v) is 5.08. The van der Waals surface area contributed by atoms with E-state index in [1.54, 1.807) is 24.3 Å². The molecule has 0 aromatic heterocycles. The van der Waals surface area contributed by atoms with E-state index in [-0.39, 0.29) is 12.5 Å². The normalized spacial score (nSPS) is 13.1. The molecule has 0 bridgehead atoms. The molecule has 1 amide bonds. The highest BCUT2D eigenvalue weighted by Crippen LogP contribution is 2.22. The standard InChI is InChI=1S/C15H20ClNO4/c1-4-10(2)14(15(19)20-3)17-13(18)9-21-12-8-6-5-7-11(12)16/h5-8,10,14H,4,9H2,1-3H3,(H,17,18)/t10-,14+/m1/s1. The van der Waals surface area contributed by atoms with Gasteiger partial charge in [-0.2, -0.15) is 0 Å². The fourth-order valence-electron chi connectivity index (χ4n) is 1.72. The van der Waals surface area contributed by atoms with Gasteiger partial charge in [-0.1, -0.05) is 44.0 Å². The molecular formula is C15H20ClNO4. The van der Waals surface area contributed by atoms with Crippen molar-refractivity contribution in [2.45, 2.75) is 26.3 Å². The third-order valence-electron chi connectivity index (χ3n) is 3.18. The number of methoxy groups -OCH3 is 1. The van der Waals surface area contributed by atoms with Gasteiger partial charge >= 0.3 is 5.97 Å². The van der Waals surface area contributed by atoms with E-state index in [0.29, 0.717) is 10.8 Å². The highest BCUT2D eigenvalue weighted by Gasteiger charge is 2.26. The lowest BCUT2D eigenvalue weighted by atomic mass is 9.99. The number of carbonyl (C=O) groups excluding carboxylic acids is 2. The van der Waals surface area contributed by atoms with Crippen molar-refractivity contribution in [2.75, 3.05) is 13.7 Å². The van der Waals surface area contributed by atoms with Crippen molar-refractivity contribution in [3.05, 3.63) is 29.3 Å². The van der Waals surface area contributed by atoms with Crippen LogP contribution in [0, 0.1) is 5.92 Å². The molecular weight excluding hydrogens is 294 g/mol. The maximum Gasteiger partial charge on any atom is 0.328 e. The Morgan fingerprint density at radius 2 is 2.00 bits per heavy atom. The van der Waals surface area contributed by atoms with Crippen molar-refractivity contribution in [1.29, 1.82) is 0 Å². The first-order valence-corrected chi connectivity index (χ1v) is 7.11. The number of nitrogens with one attached hydrogen (secondary N) is 1. The number of benzene rings is 1. The van der Waals surface area contributed by atoms with Crippen LogP contribution in [0.1, 0.15) is 20.3 Å². The molecule has 0 aliphatic rings. The number of halogens is 1. The molecule has 0 unspecified atom stereocenters. The highest BCUT2D eigenvalue weighted by atomic mass is 35.5. The van der Waals surface area contributed by atoms with E-state index in [2.05, 4.69) is 5.32 Å². The van der Waals surface area contributed by atoms with E-state index in [9.17, 15) is 9.59 Å². The summed E-state index contributed by atoms with van der Waals surface area (Å²) in [6.07, 6.45) is 0.741. The average Bonchev–Trinajstić information content (AvgIpc) is 2.50. The maximum absolute atomic E-state index is 11.9. The second-order valence-electron chi connectivity index (χ2n) is 4.67. The number of para-hydroxylation sites is 1. The topological polar surface area (TPSA) is 64.6 Å². The highest BCUT2D eigenvalue weighted by molar-refractivity contribution is 6.32. The van der Waals surface area contributed by atoms with Crippen LogP contribution in [-0.4, -0.2) is 31.6 Å². The summed E-state index contributed by atoms with van der Waals surface area (Å²) in [6.45, 7) is 3.59. The number of hydrogen-bond acceptors (Lipinski definition) is 4. The number of hydrogen-bond donors (Lipinski definition) is 1. The number of rotatable bonds is 7. The summed E-state index contributed by atoms with van der Waals surface area (Å²) in [6, 6.07) is 6.19. The van der Waals surface area contributed by atoms with Crippen molar-refractivity contribution < 1.29 is 19.1 Å². The maximum atomic E-state index is 11.9. The molecule has 21 heavy (non-hydrogen) atoms. The summed E-state index contributed by atoms with van der Waals surface area (Å²) in [5, 5.41) is 3.05. The van der Waals surface area contributed by atoms with Crippen molar-refractivity contribution in [1.82, 2.24) is 5.32 Å². The molecule has 0 heterocycles. The lowest BCUT2D eigenvalue weighted by molar-refractivity contribution is -0.146. The molecule has 0 saturated carbocycles. The van der Waals surface area contributed by atoms with Crippen LogP contribution in [0.5, 0.6) is 5.75 Å². The minimum Gasteiger partial charge on any atom is -0.482 e. The quantitative estimate of drug-likeness (QED) is 0.785. The Bertz CT molecular complexity index is 492. The lowest BCUT2D eigenvalue weighted by Crippen LogP contribution is -2.47. The molecule has 1 aromatic carbocycles. The number of esters is 1. The monoisotopic (exact) mass is 313 g/mol. The molecule has 5 nitrogen and oxygen atoms in total. The molecule has 2 atom stereocenters. The number of ether oxygens (including phenoxy) is 2. The van der Waals surface area contributed by atoms with Crippen molar-refractivity contribution >= 4 is 23.5 Å². The van der Waals surface area contributed by atoms with Gasteiger partial charge in [-0.15, -0.1) is 0 Å². The molecule has 0 aliphatic carbocycles. The summed E-state index contributed by atoms with van der Waals surface area (Å²) in [5.74, 6) is -0.463. The molecule has 116 valence electrons. The summed E-state index contributed by atoms with van der Waals surface area (Å²) >= 11 is 5.93. The zero-order valence-corrected chi connectivity index (χ0v) is 13.1. The number of amides is 1. The minimum absolute atomic E-state index is 0.0262. The average molecular weight is 314 g/mol. The van der Waals surface area contributed by atoms with Gasteiger partial charge < -0.3 is 14.8 Å². The molecule has 0 radical (unpaired) electrons. The minimum atomic E-state index is -0.678. The Morgan fingerprint density at radius 3 is 2.57 bits per heavy atom. The summed E-state index contributed by atoms with van der Waals surface area (Å²) in [5.41, 5.74) is 0. The van der Waals surface area contributed by atoms with Gasteiger partial charge in [-0.25, -0.2) is 4.79 Å². The summed E-state index contributed by atoms with van der Waals surface area (Å²) in [4.78, 5) is 23.6. The molecule has 1 N–H and O–H groups in total. The van der Waals surface area contributed by atoms with Crippen LogP contribution in [0.4, 0.5) is 0 Å². The van der Waals surface area contributed by atoms with E-state index >= 15 is 0 Å². The Balaban J connectivity index is 2.58. The van der Waals surface area contributed by atoms with Crippen LogP contribution in [0.3, 0.4) is 0 Å². The van der Waals surface area contributed by atoms with Crippen LogP contribution in [0.2, 0.25) is 5.02 Å². The Labute approximate surface area is 129 Å². The molecule has 0 saturated heterocycles. The molecule has 1 rings (SSSR count). The van der Waals surface area contributed by atoms with Gasteiger partial charge in [0.15, 0.2) is 6.61 Å². The zero-order valence-electron chi connectivity index (χ0n) is 12.4. The van der Waals surface area contributed by atoms with Crippen LogP contribution in [-0.2, 0) is 14.3 Å². The first-order chi connectivity index (χ1) is 9.99. The van der Waals surface area contributed by atoms with Gasteiger partial charge in [-0.05, 0) is 18.1 Å². The Kier molecular flexibility index (Phi) is 7.02.